The highest BCUT2D eigenvalue weighted by molar-refractivity contribution is 6.31. The van der Waals surface area contributed by atoms with Crippen LogP contribution in [0.4, 0.5) is 13.2 Å². The van der Waals surface area contributed by atoms with Crippen molar-refractivity contribution >= 4 is 11.6 Å². The van der Waals surface area contributed by atoms with E-state index in [1.165, 1.54) is 12.1 Å². The predicted molar refractivity (Wildman–Crippen MR) is 115 cm³/mol. The van der Waals surface area contributed by atoms with Crippen molar-refractivity contribution in [1.29, 1.82) is 0 Å². The van der Waals surface area contributed by atoms with Crippen LogP contribution in [0.5, 0.6) is 5.75 Å². The number of nitrogens with zero attached hydrogens (tertiary/aromatic N) is 4. The first-order valence-electron chi connectivity index (χ1n) is 9.75. The number of imidazole rings is 1. The molecular weight excluding hydrogens is 457 g/mol. The fourth-order valence-corrected chi connectivity index (χ4v) is 3.59. The Bertz CT molecular complexity index is 1400. The molecule has 0 aliphatic carbocycles. The highest BCUT2D eigenvalue weighted by Crippen LogP contribution is 2.32. The summed E-state index contributed by atoms with van der Waals surface area (Å²) in [5.41, 5.74) is 2.13. The summed E-state index contributed by atoms with van der Waals surface area (Å²) in [6, 6.07) is 14.4. The lowest BCUT2D eigenvalue weighted by molar-refractivity contribution is -0.0494. The zero-order chi connectivity index (χ0) is 22.9. The van der Waals surface area contributed by atoms with Gasteiger partial charge in [0.05, 0.1) is 22.8 Å². The van der Waals surface area contributed by atoms with Crippen LogP contribution in [-0.4, -0.2) is 26.3 Å². The number of hydrogen-bond acceptors (Lipinski definition) is 5. The molecule has 0 unspecified atom stereocenters. The van der Waals surface area contributed by atoms with E-state index in [2.05, 4.69) is 19.9 Å². The molecular formula is C23H14ClF3N4O2. The molecule has 5 rings (SSSR count). The Hall–Kier alpha value is -3.85. The van der Waals surface area contributed by atoms with Gasteiger partial charge in [-0.15, -0.1) is 0 Å². The van der Waals surface area contributed by atoms with Crippen molar-refractivity contribution in [3.05, 3.63) is 83.6 Å². The van der Waals surface area contributed by atoms with Crippen molar-refractivity contribution in [1.82, 2.24) is 19.7 Å². The Morgan fingerprint density at radius 3 is 2.61 bits per heavy atom. The Balaban J connectivity index is 1.41. The largest absolute Gasteiger partial charge is 0.434 e. The third kappa shape index (κ3) is 4.27. The maximum absolute atomic E-state index is 14.3. The number of para-hydroxylation sites is 1. The quantitative estimate of drug-likeness (QED) is 0.298. The van der Waals surface area contributed by atoms with E-state index in [0.717, 1.165) is 0 Å². The van der Waals surface area contributed by atoms with Crippen LogP contribution in [0.2, 0.25) is 5.02 Å². The van der Waals surface area contributed by atoms with Gasteiger partial charge in [-0.3, -0.25) is 0 Å². The summed E-state index contributed by atoms with van der Waals surface area (Å²) in [6.07, 6.45) is 3.51. The zero-order valence-electron chi connectivity index (χ0n) is 16.8. The molecule has 2 aliphatic rings. The lowest BCUT2D eigenvalue weighted by atomic mass is 10.1. The molecule has 2 aliphatic heterocycles. The monoisotopic (exact) mass is 470 g/mol. The highest BCUT2D eigenvalue weighted by atomic mass is 35.5. The van der Waals surface area contributed by atoms with Crippen molar-refractivity contribution in [3.8, 4) is 39.8 Å². The van der Waals surface area contributed by atoms with E-state index in [0.29, 0.717) is 35.0 Å². The second-order valence-electron chi connectivity index (χ2n) is 7.09. The van der Waals surface area contributed by atoms with Gasteiger partial charge in [-0.05, 0) is 30.3 Å². The van der Waals surface area contributed by atoms with Crippen LogP contribution in [0, 0.1) is 5.82 Å². The van der Waals surface area contributed by atoms with Crippen molar-refractivity contribution in [2.24, 2.45) is 0 Å². The maximum atomic E-state index is 14.3. The third-order valence-electron chi connectivity index (χ3n) is 4.90. The van der Waals surface area contributed by atoms with E-state index in [4.69, 9.17) is 16.1 Å². The van der Waals surface area contributed by atoms with Gasteiger partial charge in [0.15, 0.2) is 17.4 Å². The number of halogens is 4. The molecule has 0 N–H and O–H groups in total. The fraction of sp³-hybridized carbons (Fsp3) is 0.0870. The van der Waals surface area contributed by atoms with Crippen LogP contribution in [0.3, 0.4) is 0 Å². The number of alkyl halides is 2. The van der Waals surface area contributed by atoms with E-state index < -0.39 is 12.4 Å². The Morgan fingerprint density at radius 2 is 1.76 bits per heavy atom. The lowest BCUT2D eigenvalue weighted by Gasteiger charge is -2.07. The number of rotatable bonds is 6. The number of benzene rings is 2. The van der Waals surface area contributed by atoms with E-state index in [1.54, 1.807) is 59.4 Å². The van der Waals surface area contributed by atoms with Gasteiger partial charge in [-0.1, -0.05) is 35.0 Å². The molecule has 1 aromatic heterocycles. The molecule has 0 saturated carbocycles. The summed E-state index contributed by atoms with van der Waals surface area (Å²) in [5.74, 6) is 0.157. The van der Waals surface area contributed by atoms with Gasteiger partial charge in [0.25, 0.3) is 0 Å². The first-order chi connectivity index (χ1) is 16.0. The molecule has 6 nitrogen and oxygen atoms in total. The van der Waals surface area contributed by atoms with Crippen LogP contribution in [0.25, 0.3) is 34.0 Å². The Morgan fingerprint density at radius 1 is 0.970 bits per heavy atom. The van der Waals surface area contributed by atoms with Gasteiger partial charge in [0.2, 0.25) is 0 Å². The van der Waals surface area contributed by atoms with E-state index in [-0.39, 0.29) is 22.2 Å². The summed E-state index contributed by atoms with van der Waals surface area (Å²) in [4.78, 5) is 8.79. The number of fused-ring (bicyclic) bond motifs is 1. The third-order valence-corrected chi connectivity index (χ3v) is 5.19. The smallest absolute Gasteiger partial charge is 0.387 e. The van der Waals surface area contributed by atoms with Gasteiger partial charge in [0.1, 0.15) is 17.1 Å². The Kier molecular flexibility index (Phi) is 5.47. The Labute approximate surface area is 190 Å². The highest BCUT2D eigenvalue weighted by Gasteiger charge is 2.18. The van der Waals surface area contributed by atoms with Crippen LogP contribution in [0.1, 0.15) is 5.76 Å². The molecule has 2 aromatic carbocycles. The van der Waals surface area contributed by atoms with Crippen molar-refractivity contribution in [2.75, 3.05) is 0 Å². The van der Waals surface area contributed by atoms with Gasteiger partial charge < -0.3 is 13.8 Å². The molecule has 0 bridgehead atoms. The van der Waals surface area contributed by atoms with Crippen molar-refractivity contribution in [3.63, 3.8) is 0 Å². The van der Waals surface area contributed by atoms with Gasteiger partial charge >= 0.3 is 6.61 Å². The average molecular weight is 471 g/mol. The molecule has 0 saturated heterocycles. The van der Waals surface area contributed by atoms with Crippen molar-refractivity contribution in [2.45, 2.75) is 13.2 Å². The molecule has 10 heteroatoms. The molecule has 3 heterocycles. The van der Waals surface area contributed by atoms with Crippen molar-refractivity contribution < 1.29 is 22.4 Å². The van der Waals surface area contributed by atoms with Crippen LogP contribution in [-0.2, 0) is 6.54 Å². The molecule has 0 amide bonds. The second-order valence-corrected chi connectivity index (χ2v) is 7.50. The minimum absolute atomic E-state index is 0.00179. The lowest BCUT2D eigenvalue weighted by Crippen LogP contribution is -2.03. The van der Waals surface area contributed by atoms with Gasteiger partial charge in [-0.25, -0.2) is 14.4 Å². The molecule has 0 radical (unpaired) electrons. The summed E-state index contributed by atoms with van der Waals surface area (Å²) in [7, 11) is 0. The number of aromatic nitrogens is 4. The molecule has 0 atom stereocenters. The fourth-order valence-electron chi connectivity index (χ4n) is 3.42. The minimum Gasteiger partial charge on any atom is -0.434 e. The summed E-state index contributed by atoms with van der Waals surface area (Å²) in [6.45, 7) is -2.65. The standard InChI is InChI=1S/C23H14ClF3N4O2/c24-16-6-3-5-15(21(16)25)22-28-17-8-9-31(12-19(17)29-22)11-13-10-18(30-33-13)14-4-1-2-7-20(14)32-23(26)27/h1-10,12,23H,11H2. The first kappa shape index (κ1) is 21.0. The van der Waals surface area contributed by atoms with Gasteiger partial charge in [0, 0.05) is 24.0 Å². The SMILES string of the molecule is Fc1c(Cl)cccc1-c1nc2ccn(Cc3cc(-c4ccccc4OC(F)F)no3)cc-2n1. The number of hydrogen-bond donors (Lipinski definition) is 0. The van der Waals surface area contributed by atoms with Gasteiger partial charge in [-0.2, -0.15) is 8.78 Å². The molecule has 0 fully saturated rings. The van der Waals surface area contributed by atoms with Crippen LogP contribution >= 0.6 is 11.6 Å². The van der Waals surface area contributed by atoms with Crippen LogP contribution in [0.15, 0.2) is 71.5 Å². The van der Waals surface area contributed by atoms with Crippen LogP contribution < -0.4 is 4.74 Å². The number of ether oxygens (including phenoxy) is 1. The van der Waals surface area contributed by atoms with E-state index in [9.17, 15) is 13.2 Å². The maximum Gasteiger partial charge on any atom is 0.387 e. The second kappa shape index (κ2) is 8.59. The molecule has 33 heavy (non-hydrogen) atoms. The molecule has 0 spiro atoms. The summed E-state index contributed by atoms with van der Waals surface area (Å²) >= 11 is 5.86. The summed E-state index contributed by atoms with van der Waals surface area (Å²) < 4.78 is 51.4. The topological polar surface area (TPSA) is 66.0 Å². The minimum atomic E-state index is -2.95. The normalized spacial score (nSPS) is 11.4. The first-order valence-corrected chi connectivity index (χ1v) is 10.1. The average Bonchev–Trinajstić information content (AvgIpc) is 3.42. The van der Waals surface area contributed by atoms with E-state index in [1.807, 2.05) is 0 Å². The number of pyridine rings is 1. The molecule has 166 valence electrons. The zero-order valence-corrected chi connectivity index (χ0v) is 17.5. The predicted octanol–water partition coefficient (Wildman–Crippen LogP) is 6.15. The molecule has 3 aromatic rings. The van der Waals surface area contributed by atoms with E-state index >= 15 is 0 Å². The summed E-state index contributed by atoms with van der Waals surface area (Å²) in [5, 5.41) is 3.98.